The van der Waals surface area contributed by atoms with Gasteiger partial charge in [-0.1, -0.05) is 12.2 Å². The van der Waals surface area contributed by atoms with Crippen LogP contribution in [0.2, 0.25) is 0 Å². The Morgan fingerprint density at radius 2 is 2.15 bits per heavy atom. The molecule has 0 aliphatic carbocycles. The van der Waals surface area contributed by atoms with Gasteiger partial charge >= 0.3 is 5.97 Å². The Balaban J connectivity index is 4.23. The zero-order valence-corrected chi connectivity index (χ0v) is 7.40. The van der Waals surface area contributed by atoms with Crippen LogP contribution in [0.15, 0.2) is 28.9 Å². The Bertz CT molecular complexity index is 263. The molecule has 0 rings (SSSR count). The van der Waals surface area contributed by atoms with E-state index in [-0.39, 0.29) is 12.4 Å². The third-order valence-corrected chi connectivity index (χ3v) is 1.14. The molecule has 5 heteroatoms. The fourth-order valence-corrected chi connectivity index (χ4v) is 0.628. The third-order valence-electron chi connectivity index (χ3n) is 1.14. The second-order valence-electron chi connectivity index (χ2n) is 2.25. The van der Waals surface area contributed by atoms with Crippen molar-refractivity contribution in [3.05, 3.63) is 23.9 Å². The summed E-state index contributed by atoms with van der Waals surface area (Å²) in [4.78, 5) is 13.9. The highest BCUT2D eigenvalue weighted by molar-refractivity contribution is 5.77. The minimum Gasteiger partial charge on any atom is -0.481 e. The van der Waals surface area contributed by atoms with E-state index in [1.807, 2.05) is 0 Å². The lowest BCUT2D eigenvalue weighted by Gasteiger charge is -1.93. The van der Waals surface area contributed by atoms with Crippen molar-refractivity contribution in [2.75, 3.05) is 0 Å². The molecule has 0 spiro atoms. The molecule has 0 bridgehead atoms. The molecule has 0 aliphatic heterocycles. The van der Waals surface area contributed by atoms with Gasteiger partial charge in [-0.3, -0.25) is 4.79 Å². The van der Waals surface area contributed by atoms with Crippen LogP contribution in [0.1, 0.15) is 13.3 Å². The molecule has 0 saturated heterocycles. The van der Waals surface area contributed by atoms with Crippen LogP contribution in [0.3, 0.4) is 0 Å². The molecule has 0 aliphatic rings. The summed E-state index contributed by atoms with van der Waals surface area (Å²) in [5, 5.41) is 8.33. The van der Waals surface area contributed by atoms with Gasteiger partial charge in [0.25, 0.3) is 0 Å². The molecule has 5 N–H and O–H groups in total. The molecule has 0 unspecified atom stereocenters. The summed E-state index contributed by atoms with van der Waals surface area (Å²) in [6.07, 6.45) is 4.66. The normalized spacial score (nSPS) is 11.6. The second kappa shape index (κ2) is 5.82. The molecule has 0 aromatic carbocycles. The molecular weight excluding hydrogens is 170 g/mol. The quantitative estimate of drug-likeness (QED) is 0.329. The number of aliphatic imine (C=N–C) groups is 1. The minimum absolute atomic E-state index is 0.0443. The topological polar surface area (TPSA) is 102 Å². The first kappa shape index (κ1) is 11.2. The summed E-state index contributed by atoms with van der Waals surface area (Å²) in [6.45, 7) is 1.76. The lowest BCUT2D eigenvalue weighted by molar-refractivity contribution is -0.135. The van der Waals surface area contributed by atoms with Gasteiger partial charge in [0.2, 0.25) is 0 Å². The molecule has 0 fully saturated rings. The predicted octanol–water partition coefficient (Wildman–Crippen LogP) is 0.195. The molecule has 0 amide bonds. The molecule has 0 radical (unpaired) electrons. The SMILES string of the molecule is C/C=C(\C=C/CC(=O)O)N=C(N)N. The van der Waals surface area contributed by atoms with Crippen LogP contribution in [0.5, 0.6) is 0 Å². The van der Waals surface area contributed by atoms with E-state index < -0.39 is 5.97 Å². The first-order valence-electron chi connectivity index (χ1n) is 3.70. The second-order valence-corrected chi connectivity index (χ2v) is 2.25. The molecule has 0 heterocycles. The lowest BCUT2D eigenvalue weighted by atomic mass is 10.3. The van der Waals surface area contributed by atoms with Gasteiger partial charge in [-0.25, -0.2) is 4.99 Å². The lowest BCUT2D eigenvalue weighted by Crippen LogP contribution is -2.22. The summed E-state index contributed by atoms with van der Waals surface area (Å²) >= 11 is 0. The Morgan fingerprint density at radius 1 is 1.54 bits per heavy atom. The number of rotatable bonds is 4. The van der Waals surface area contributed by atoms with Crippen molar-refractivity contribution in [2.24, 2.45) is 16.5 Å². The zero-order chi connectivity index (χ0) is 10.3. The van der Waals surface area contributed by atoms with Gasteiger partial charge in [0.1, 0.15) is 0 Å². The van der Waals surface area contributed by atoms with E-state index in [2.05, 4.69) is 4.99 Å². The number of hydrogen-bond donors (Lipinski definition) is 3. The van der Waals surface area contributed by atoms with Crippen molar-refractivity contribution in [3.63, 3.8) is 0 Å². The molecule has 5 nitrogen and oxygen atoms in total. The first-order chi connectivity index (χ1) is 6.06. The molecule has 13 heavy (non-hydrogen) atoms. The average Bonchev–Trinajstić information content (AvgIpc) is 2.01. The van der Waals surface area contributed by atoms with Crippen LogP contribution in [0.25, 0.3) is 0 Å². The van der Waals surface area contributed by atoms with Crippen molar-refractivity contribution in [1.82, 2.24) is 0 Å². The van der Waals surface area contributed by atoms with Crippen LogP contribution in [0.4, 0.5) is 0 Å². The van der Waals surface area contributed by atoms with E-state index in [4.69, 9.17) is 16.6 Å². The van der Waals surface area contributed by atoms with E-state index in [1.54, 1.807) is 19.1 Å². The number of carboxylic acid groups (broad SMARTS) is 1. The van der Waals surface area contributed by atoms with Crippen LogP contribution < -0.4 is 11.5 Å². The number of nitrogens with two attached hydrogens (primary N) is 2. The highest BCUT2D eigenvalue weighted by Gasteiger charge is 1.91. The van der Waals surface area contributed by atoms with Crippen molar-refractivity contribution >= 4 is 11.9 Å². The fraction of sp³-hybridized carbons (Fsp3) is 0.250. The molecule has 0 aromatic heterocycles. The summed E-state index contributed by atoms with van der Waals surface area (Å²) in [5.74, 6) is -0.940. The van der Waals surface area contributed by atoms with E-state index in [1.165, 1.54) is 6.08 Å². The first-order valence-corrected chi connectivity index (χ1v) is 3.70. The Hall–Kier alpha value is -1.78. The third kappa shape index (κ3) is 6.61. The zero-order valence-electron chi connectivity index (χ0n) is 7.40. The standard InChI is InChI=1S/C8H13N3O2/c1-2-6(11-8(9)10)4-3-5-7(12)13/h2-4H,5H2,1H3,(H,12,13)(H4,9,10,11)/b4-3-,6-2+. The van der Waals surface area contributed by atoms with Crippen molar-refractivity contribution in [2.45, 2.75) is 13.3 Å². The Kier molecular flexibility index (Phi) is 5.02. The predicted molar refractivity (Wildman–Crippen MR) is 51.0 cm³/mol. The van der Waals surface area contributed by atoms with Crippen LogP contribution in [0, 0.1) is 0 Å². The number of guanidine groups is 1. The largest absolute Gasteiger partial charge is 0.481 e. The monoisotopic (exact) mass is 183 g/mol. The molecular formula is C8H13N3O2. The molecule has 0 aromatic rings. The Morgan fingerprint density at radius 3 is 2.54 bits per heavy atom. The number of carbonyl (C=O) groups is 1. The molecule has 72 valence electrons. The van der Waals surface area contributed by atoms with Gasteiger partial charge in [0.05, 0.1) is 12.1 Å². The number of aliphatic carboxylic acids is 1. The van der Waals surface area contributed by atoms with Crippen LogP contribution >= 0.6 is 0 Å². The Labute approximate surface area is 76.4 Å². The highest BCUT2D eigenvalue weighted by Crippen LogP contribution is 1.98. The number of nitrogens with zero attached hydrogens (tertiary/aromatic N) is 1. The van der Waals surface area contributed by atoms with Crippen LogP contribution in [-0.2, 0) is 4.79 Å². The van der Waals surface area contributed by atoms with Gasteiger partial charge in [-0.05, 0) is 13.0 Å². The maximum atomic E-state index is 10.1. The van der Waals surface area contributed by atoms with Crippen molar-refractivity contribution in [3.8, 4) is 0 Å². The van der Waals surface area contributed by atoms with E-state index in [0.29, 0.717) is 5.70 Å². The van der Waals surface area contributed by atoms with Crippen molar-refractivity contribution < 1.29 is 9.90 Å². The average molecular weight is 183 g/mol. The maximum absolute atomic E-state index is 10.1. The minimum atomic E-state index is -0.892. The molecule has 0 saturated carbocycles. The summed E-state index contributed by atoms with van der Waals surface area (Å²) in [6, 6.07) is 0. The van der Waals surface area contributed by atoms with Crippen molar-refractivity contribution in [1.29, 1.82) is 0 Å². The van der Waals surface area contributed by atoms with E-state index >= 15 is 0 Å². The smallest absolute Gasteiger partial charge is 0.307 e. The number of hydrogen-bond acceptors (Lipinski definition) is 2. The molecule has 0 atom stereocenters. The number of carboxylic acids is 1. The van der Waals surface area contributed by atoms with E-state index in [0.717, 1.165) is 0 Å². The van der Waals surface area contributed by atoms with E-state index in [9.17, 15) is 4.79 Å². The highest BCUT2D eigenvalue weighted by atomic mass is 16.4. The fourth-order valence-electron chi connectivity index (χ4n) is 0.628. The maximum Gasteiger partial charge on any atom is 0.307 e. The summed E-state index contributed by atoms with van der Waals surface area (Å²) in [5.41, 5.74) is 10.8. The van der Waals surface area contributed by atoms with Gasteiger partial charge in [-0.15, -0.1) is 0 Å². The van der Waals surface area contributed by atoms with Crippen LogP contribution in [-0.4, -0.2) is 17.0 Å². The van der Waals surface area contributed by atoms with Gasteiger partial charge in [-0.2, -0.15) is 0 Å². The summed E-state index contributed by atoms with van der Waals surface area (Å²) < 4.78 is 0. The van der Waals surface area contributed by atoms with Gasteiger partial charge in [0.15, 0.2) is 5.96 Å². The summed E-state index contributed by atoms with van der Waals surface area (Å²) in [7, 11) is 0. The number of allylic oxidation sites excluding steroid dienone is 2. The van der Waals surface area contributed by atoms with Gasteiger partial charge in [0, 0.05) is 0 Å². The van der Waals surface area contributed by atoms with Gasteiger partial charge < -0.3 is 16.6 Å².